The predicted molar refractivity (Wildman–Crippen MR) is 39.7 cm³/mol. The van der Waals surface area contributed by atoms with Gasteiger partial charge in [-0.3, -0.25) is 0 Å². The second-order valence-corrected chi connectivity index (χ2v) is 2.27. The van der Waals surface area contributed by atoms with Crippen molar-refractivity contribution in [1.29, 1.82) is 0 Å². The lowest BCUT2D eigenvalue weighted by Crippen LogP contribution is -2.12. The number of rotatable bonds is 1. The standard InChI is InChI=1S/C6H9N3O2/c1-9(2)6-7-3-4(10)5(11)8-6/h3,10H,1-2H3,(H,7,8,11). The molecule has 1 aromatic rings. The number of aromatic nitrogens is 2. The first-order valence-corrected chi connectivity index (χ1v) is 3.03. The second-order valence-electron chi connectivity index (χ2n) is 2.27. The molecule has 5 nitrogen and oxygen atoms in total. The summed E-state index contributed by atoms with van der Waals surface area (Å²) in [7, 11) is 3.48. The summed E-state index contributed by atoms with van der Waals surface area (Å²) in [5, 5.41) is 17.8. The molecule has 5 heteroatoms. The van der Waals surface area contributed by atoms with Crippen molar-refractivity contribution in [1.82, 2.24) is 9.97 Å². The molecule has 0 amide bonds. The van der Waals surface area contributed by atoms with Crippen LogP contribution in [-0.4, -0.2) is 34.3 Å². The molecule has 0 aromatic carbocycles. The highest BCUT2D eigenvalue weighted by Crippen LogP contribution is 2.21. The van der Waals surface area contributed by atoms with Crippen molar-refractivity contribution in [3.05, 3.63) is 6.20 Å². The van der Waals surface area contributed by atoms with Crippen LogP contribution < -0.4 is 4.90 Å². The van der Waals surface area contributed by atoms with Gasteiger partial charge in [-0.05, 0) is 0 Å². The van der Waals surface area contributed by atoms with E-state index in [1.165, 1.54) is 0 Å². The van der Waals surface area contributed by atoms with Crippen LogP contribution in [0.1, 0.15) is 0 Å². The Morgan fingerprint density at radius 1 is 1.36 bits per heavy atom. The molecule has 0 bridgehead atoms. The topological polar surface area (TPSA) is 69.5 Å². The van der Waals surface area contributed by atoms with Crippen molar-refractivity contribution in [2.45, 2.75) is 0 Å². The molecule has 0 saturated heterocycles. The van der Waals surface area contributed by atoms with Gasteiger partial charge in [0.2, 0.25) is 5.95 Å². The van der Waals surface area contributed by atoms with Gasteiger partial charge in [0.05, 0.1) is 6.20 Å². The lowest BCUT2D eigenvalue weighted by Gasteiger charge is -2.08. The summed E-state index contributed by atoms with van der Waals surface area (Å²) in [6.45, 7) is 0. The van der Waals surface area contributed by atoms with Crippen LogP contribution in [0.15, 0.2) is 6.20 Å². The Kier molecular flexibility index (Phi) is 1.80. The first-order valence-electron chi connectivity index (χ1n) is 3.03. The van der Waals surface area contributed by atoms with E-state index in [1.54, 1.807) is 19.0 Å². The van der Waals surface area contributed by atoms with Crippen molar-refractivity contribution >= 4 is 5.95 Å². The Morgan fingerprint density at radius 3 is 2.45 bits per heavy atom. The maximum absolute atomic E-state index is 8.92. The highest BCUT2D eigenvalue weighted by atomic mass is 16.3. The molecule has 0 fully saturated rings. The second kappa shape index (κ2) is 2.61. The van der Waals surface area contributed by atoms with E-state index in [4.69, 9.17) is 10.2 Å². The third kappa shape index (κ3) is 1.49. The molecule has 1 rings (SSSR count). The molecule has 0 aliphatic heterocycles. The van der Waals surface area contributed by atoms with Gasteiger partial charge in [0, 0.05) is 14.1 Å². The Labute approximate surface area is 63.9 Å². The molecule has 0 radical (unpaired) electrons. The molecule has 1 aromatic heterocycles. The largest absolute Gasteiger partial charge is 0.502 e. The van der Waals surface area contributed by atoms with Crippen LogP contribution in [0.5, 0.6) is 11.6 Å². The van der Waals surface area contributed by atoms with Crippen LogP contribution >= 0.6 is 0 Å². The van der Waals surface area contributed by atoms with Gasteiger partial charge in [0.15, 0.2) is 5.75 Å². The summed E-state index contributed by atoms with van der Waals surface area (Å²) in [5.41, 5.74) is 0. The lowest BCUT2D eigenvalue weighted by molar-refractivity contribution is 0.386. The Morgan fingerprint density at radius 2 is 2.00 bits per heavy atom. The van der Waals surface area contributed by atoms with Crippen molar-refractivity contribution in [2.24, 2.45) is 0 Å². The fourth-order valence-electron chi connectivity index (χ4n) is 0.573. The van der Waals surface area contributed by atoms with Gasteiger partial charge in [-0.25, -0.2) is 4.98 Å². The maximum Gasteiger partial charge on any atom is 0.259 e. The fraction of sp³-hybridized carbons (Fsp3) is 0.333. The first-order chi connectivity index (χ1) is 5.11. The van der Waals surface area contributed by atoms with Crippen molar-refractivity contribution in [3.63, 3.8) is 0 Å². The van der Waals surface area contributed by atoms with Gasteiger partial charge in [-0.2, -0.15) is 4.98 Å². The molecule has 0 aliphatic rings. The lowest BCUT2D eigenvalue weighted by atomic mass is 10.6. The van der Waals surface area contributed by atoms with E-state index < -0.39 is 5.88 Å². The Hall–Kier alpha value is -1.52. The minimum absolute atomic E-state index is 0.310. The minimum Gasteiger partial charge on any atom is -0.502 e. The molecule has 11 heavy (non-hydrogen) atoms. The van der Waals surface area contributed by atoms with Crippen molar-refractivity contribution in [2.75, 3.05) is 19.0 Å². The molecule has 1 heterocycles. The predicted octanol–water partition coefficient (Wildman–Crippen LogP) is -0.0462. The average molecular weight is 155 g/mol. The van der Waals surface area contributed by atoms with Crippen LogP contribution in [0, 0.1) is 0 Å². The van der Waals surface area contributed by atoms with E-state index in [2.05, 4.69) is 9.97 Å². The summed E-state index contributed by atoms with van der Waals surface area (Å²) in [4.78, 5) is 8.96. The molecule has 0 atom stereocenters. The zero-order valence-corrected chi connectivity index (χ0v) is 6.31. The molecular formula is C6H9N3O2. The third-order valence-corrected chi connectivity index (χ3v) is 1.14. The van der Waals surface area contributed by atoms with Crippen LogP contribution in [0.2, 0.25) is 0 Å². The average Bonchev–Trinajstić information content (AvgIpc) is 1.94. The van der Waals surface area contributed by atoms with Crippen LogP contribution in [0.25, 0.3) is 0 Å². The van der Waals surface area contributed by atoms with Gasteiger partial charge in [0.1, 0.15) is 0 Å². The molecule has 0 spiro atoms. The highest BCUT2D eigenvalue weighted by molar-refractivity contribution is 5.36. The van der Waals surface area contributed by atoms with E-state index in [0.717, 1.165) is 6.20 Å². The minimum atomic E-state index is -0.399. The Bertz CT molecular complexity index is 262. The number of aromatic hydroxyl groups is 2. The van der Waals surface area contributed by atoms with Crippen molar-refractivity contribution < 1.29 is 10.2 Å². The van der Waals surface area contributed by atoms with Gasteiger partial charge >= 0.3 is 0 Å². The first kappa shape index (κ1) is 7.59. The summed E-state index contributed by atoms with van der Waals surface area (Å²) in [6, 6.07) is 0. The Balaban J connectivity index is 3.05. The molecule has 60 valence electrons. The van der Waals surface area contributed by atoms with E-state index in [0.29, 0.717) is 5.95 Å². The van der Waals surface area contributed by atoms with Crippen LogP contribution in [0.4, 0.5) is 5.95 Å². The highest BCUT2D eigenvalue weighted by Gasteiger charge is 2.04. The molecule has 0 saturated carbocycles. The molecule has 2 N–H and O–H groups in total. The summed E-state index contributed by atoms with van der Waals surface area (Å²) >= 11 is 0. The summed E-state index contributed by atoms with van der Waals surface area (Å²) < 4.78 is 0. The van der Waals surface area contributed by atoms with E-state index in [9.17, 15) is 0 Å². The number of hydrogen-bond acceptors (Lipinski definition) is 5. The summed E-state index contributed by atoms with van der Waals surface area (Å²) in [6.07, 6.45) is 1.15. The smallest absolute Gasteiger partial charge is 0.259 e. The monoisotopic (exact) mass is 155 g/mol. The SMILES string of the molecule is CN(C)c1ncc(O)c(O)n1. The quantitative estimate of drug-likeness (QED) is 0.595. The van der Waals surface area contributed by atoms with Gasteiger partial charge < -0.3 is 15.1 Å². The normalized spacial score (nSPS) is 9.64. The number of nitrogens with zero attached hydrogens (tertiary/aromatic N) is 3. The zero-order chi connectivity index (χ0) is 8.43. The van der Waals surface area contributed by atoms with E-state index >= 15 is 0 Å². The van der Waals surface area contributed by atoms with Crippen molar-refractivity contribution in [3.8, 4) is 11.6 Å². The van der Waals surface area contributed by atoms with E-state index in [-0.39, 0.29) is 5.75 Å². The van der Waals surface area contributed by atoms with Gasteiger partial charge in [0.25, 0.3) is 5.88 Å². The zero-order valence-electron chi connectivity index (χ0n) is 6.31. The van der Waals surface area contributed by atoms with Crippen LogP contribution in [-0.2, 0) is 0 Å². The fourth-order valence-corrected chi connectivity index (χ4v) is 0.573. The third-order valence-electron chi connectivity index (χ3n) is 1.14. The number of hydrogen-bond donors (Lipinski definition) is 2. The number of anilines is 1. The van der Waals surface area contributed by atoms with Gasteiger partial charge in [-0.1, -0.05) is 0 Å². The summed E-state index contributed by atoms with van der Waals surface area (Å²) in [5.74, 6) is -0.348. The molecular weight excluding hydrogens is 146 g/mol. The molecule has 0 unspecified atom stereocenters. The van der Waals surface area contributed by atoms with Crippen LogP contribution in [0.3, 0.4) is 0 Å². The van der Waals surface area contributed by atoms with Gasteiger partial charge in [-0.15, -0.1) is 0 Å². The van der Waals surface area contributed by atoms with E-state index in [1.807, 2.05) is 0 Å². The maximum atomic E-state index is 8.92. The molecule has 0 aliphatic carbocycles.